The van der Waals surface area contributed by atoms with Crippen LogP contribution in [0.2, 0.25) is 0 Å². The fourth-order valence-electron chi connectivity index (χ4n) is 2.41. The van der Waals surface area contributed by atoms with Crippen molar-refractivity contribution in [2.75, 3.05) is 13.2 Å². The van der Waals surface area contributed by atoms with Gasteiger partial charge in [-0.2, -0.15) is 0 Å². The Morgan fingerprint density at radius 3 is 2.04 bits per heavy atom. The number of Topliss-reactive ketones (excluding diaryl/α,β-unsaturated/α-hetero) is 1. The summed E-state index contributed by atoms with van der Waals surface area (Å²) in [5.74, 6) is -2.99. The van der Waals surface area contributed by atoms with Gasteiger partial charge in [0.15, 0.2) is 11.7 Å². The lowest BCUT2D eigenvalue weighted by Crippen LogP contribution is -2.30. The lowest BCUT2D eigenvalue weighted by Gasteiger charge is -2.14. The molecule has 0 N–H and O–H groups in total. The molecule has 0 spiro atoms. The van der Waals surface area contributed by atoms with Gasteiger partial charge in [0.05, 0.1) is 13.2 Å². The molecule has 0 aromatic heterocycles. The maximum atomic E-state index is 12.5. The Hall–Kier alpha value is -2.69. The fraction of sp³-hybridized carbons (Fsp3) is 0.316. The van der Waals surface area contributed by atoms with Gasteiger partial charge in [0, 0.05) is 12.0 Å². The molecule has 0 fully saturated rings. The molecule has 2 aromatic rings. The van der Waals surface area contributed by atoms with Gasteiger partial charge in [0.2, 0.25) is 0 Å². The van der Waals surface area contributed by atoms with Crippen molar-refractivity contribution in [1.82, 2.24) is 0 Å². The van der Waals surface area contributed by atoms with Crippen LogP contribution in [-0.4, -0.2) is 30.9 Å². The van der Waals surface area contributed by atoms with Gasteiger partial charge in [0.25, 0.3) is 0 Å². The molecule has 0 aliphatic heterocycles. The highest BCUT2D eigenvalue weighted by Gasteiger charge is 2.32. The van der Waals surface area contributed by atoms with Gasteiger partial charge < -0.3 is 9.47 Å². The first-order valence-electron chi connectivity index (χ1n) is 7.92. The second-order valence-corrected chi connectivity index (χ2v) is 5.25. The van der Waals surface area contributed by atoms with Crippen molar-refractivity contribution in [2.24, 2.45) is 5.92 Å². The molecule has 0 amide bonds. The normalized spacial score (nSPS) is 10.6. The summed E-state index contributed by atoms with van der Waals surface area (Å²) in [4.78, 5) is 36.4. The molecule has 5 nitrogen and oxygen atoms in total. The molecule has 0 unspecified atom stereocenters. The number of carbonyl (C=O) groups is 3. The summed E-state index contributed by atoms with van der Waals surface area (Å²) >= 11 is 0. The lowest BCUT2D eigenvalue weighted by atomic mass is 9.96. The zero-order valence-electron chi connectivity index (χ0n) is 13.8. The Morgan fingerprint density at radius 1 is 0.875 bits per heavy atom. The first-order chi connectivity index (χ1) is 11.6. The third-order valence-corrected chi connectivity index (χ3v) is 3.60. The van der Waals surface area contributed by atoms with E-state index < -0.39 is 17.9 Å². The van der Waals surface area contributed by atoms with Crippen molar-refractivity contribution in [3.05, 3.63) is 48.0 Å². The highest BCUT2D eigenvalue weighted by Crippen LogP contribution is 2.19. The van der Waals surface area contributed by atoms with Crippen LogP contribution in [0.1, 0.15) is 30.6 Å². The number of fused-ring (bicyclic) bond motifs is 1. The average Bonchev–Trinajstić information content (AvgIpc) is 2.59. The smallest absolute Gasteiger partial charge is 0.320 e. The molecule has 2 rings (SSSR count). The number of ketones is 1. The number of hydrogen-bond acceptors (Lipinski definition) is 5. The summed E-state index contributed by atoms with van der Waals surface area (Å²) in [6, 6.07) is 12.9. The molecule has 0 bridgehead atoms. The van der Waals surface area contributed by atoms with Gasteiger partial charge in [-0.05, 0) is 30.7 Å². The third kappa shape index (κ3) is 4.19. The summed E-state index contributed by atoms with van der Waals surface area (Å²) in [7, 11) is 0. The van der Waals surface area contributed by atoms with E-state index in [0.29, 0.717) is 5.56 Å². The van der Waals surface area contributed by atoms with E-state index in [1.807, 2.05) is 30.3 Å². The van der Waals surface area contributed by atoms with Crippen molar-refractivity contribution < 1.29 is 23.9 Å². The Morgan fingerprint density at radius 2 is 1.46 bits per heavy atom. The van der Waals surface area contributed by atoms with Crippen molar-refractivity contribution in [3.63, 3.8) is 0 Å². The zero-order valence-corrected chi connectivity index (χ0v) is 13.8. The highest BCUT2D eigenvalue weighted by atomic mass is 16.6. The predicted molar refractivity (Wildman–Crippen MR) is 89.7 cm³/mol. The van der Waals surface area contributed by atoms with Crippen LogP contribution in [0.4, 0.5) is 0 Å². The number of benzene rings is 2. The van der Waals surface area contributed by atoms with Gasteiger partial charge in [-0.1, -0.05) is 36.4 Å². The van der Waals surface area contributed by atoms with Crippen LogP contribution in [0.25, 0.3) is 10.8 Å². The van der Waals surface area contributed by atoms with Crippen LogP contribution in [0.3, 0.4) is 0 Å². The summed E-state index contributed by atoms with van der Waals surface area (Å²) in [5.41, 5.74) is 0.451. The second-order valence-electron chi connectivity index (χ2n) is 5.25. The minimum absolute atomic E-state index is 0.138. The third-order valence-electron chi connectivity index (χ3n) is 3.60. The topological polar surface area (TPSA) is 69.7 Å². The molecular weight excluding hydrogens is 308 g/mol. The number of ether oxygens (including phenoxy) is 2. The van der Waals surface area contributed by atoms with E-state index in [9.17, 15) is 14.4 Å². The monoisotopic (exact) mass is 328 g/mol. The molecule has 0 heterocycles. The Bertz CT molecular complexity index is 732. The maximum Gasteiger partial charge on any atom is 0.320 e. The number of carbonyl (C=O) groups excluding carboxylic acids is 3. The van der Waals surface area contributed by atoms with E-state index in [2.05, 4.69) is 0 Å². The minimum atomic E-state index is -1.23. The first-order valence-corrected chi connectivity index (χ1v) is 7.92. The lowest BCUT2D eigenvalue weighted by molar-refractivity contribution is -0.161. The van der Waals surface area contributed by atoms with E-state index in [1.54, 1.807) is 26.0 Å². The van der Waals surface area contributed by atoms with Crippen LogP contribution >= 0.6 is 0 Å². The van der Waals surface area contributed by atoms with Crippen molar-refractivity contribution in [1.29, 1.82) is 0 Å². The Balaban J connectivity index is 2.21. The van der Waals surface area contributed by atoms with Gasteiger partial charge in [-0.15, -0.1) is 0 Å². The summed E-state index contributed by atoms with van der Waals surface area (Å²) in [6.45, 7) is 3.56. The number of hydrogen-bond donors (Lipinski definition) is 0. The van der Waals surface area contributed by atoms with Crippen molar-refractivity contribution in [3.8, 4) is 0 Å². The van der Waals surface area contributed by atoms with Crippen LogP contribution in [0.15, 0.2) is 42.5 Å². The molecule has 0 saturated heterocycles. The fourth-order valence-corrected chi connectivity index (χ4v) is 2.41. The van der Waals surface area contributed by atoms with Crippen LogP contribution < -0.4 is 0 Å². The Labute approximate surface area is 140 Å². The molecule has 0 aliphatic rings. The van der Waals surface area contributed by atoms with Crippen molar-refractivity contribution in [2.45, 2.75) is 20.3 Å². The molecule has 0 aliphatic carbocycles. The van der Waals surface area contributed by atoms with Gasteiger partial charge in [-0.25, -0.2) is 0 Å². The van der Waals surface area contributed by atoms with Crippen LogP contribution in [-0.2, 0) is 19.1 Å². The van der Waals surface area contributed by atoms with Gasteiger partial charge in [0.1, 0.15) is 0 Å². The van der Waals surface area contributed by atoms with E-state index in [-0.39, 0.29) is 25.4 Å². The van der Waals surface area contributed by atoms with Gasteiger partial charge >= 0.3 is 11.9 Å². The summed E-state index contributed by atoms with van der Waals surface area (Å²) in [5, 5.41) is 1.94. The SMILES string of the molecule is CCOC(=O)C(CC(=O)c1ccc2ccccc2c1)C(=O)OCC. The van der Waals surface area contributed by atoms with Gasteiger partial charge in [-0.3, -0.25) is 14.4 Å². The largest absolute Gasteiger partial charge is 0.465 e. The average molecular weight is 328 g/mol. The first kappa shape index (κ1) is 17.7. The summed E-state index contributed by atoms with van der Waals surface area (Å²) in [6.07, 6.45) is -0.268. The van der Waals surface area contributed by atoms with Crippen LogP contribution in [0.5, 0.6) is 0 Å². The second kappa shape index (κ2) is 8.24. The zero-order chi connectivity index (χ0) is 17.5. The molecule has 0 radical (unpaired) electrons. The molecule has 2 aromatic carbocycles. The van der Waals surface area contributed by atoms with Crippen molar-refractivity contribution >= 4 is 28.5 Å². The number of esters is 2. The maximum absolute atomic E-state index is 12.5. The Kier molecular flexibility index (Phi) is 6.07. The summed E-state index contributed by atoms with van der Waals surface area (Å²) < 4.78 is 9.77. The molecule has 126 valence electrons. The number of rotatable bonds is 7. The van der Waals surface area contributed by atoms with Crippen LogP contribution in [0, 0.1) is 5.92 Å². The quantitative estimate of drug-likeness (QED) is 0.443. The predicted octanol–water partition coefficient (Wildman–Crippen LogP) is 3.16. The molecule has 0 saturated carbocycles. The van der Waals surface area contributed by atoms with E-state index in [1.165, 1.54) is 0 Å². The molecule has 5 heteroatoms. The molecular formula is C19H20O5. The highest BCUT2D eigenvalue weighted by molar-refractivity contribution is 6.05. The van der Waals surface area contributed by atoms with E-state index in [4.69, 9.17) is 9.47 Å². The minimum Gasteiger partial charge on any atom is -0.465 e. The molecule has 24 heavy (non-hydrogen) atoms. The standard InChI is InChI=1S/C19H20O5/c1-3-23-18(21)16(19(22)24-4-2)12-17(20)15-10-9-13-7-5-6-8-14(13)11-15/h5-11,16H,3-4,12H2,1-2H3. The molecule has 0 atom stereocenters. The van der Waals surface area contributed by atoms with E-state index in [0.717, 1.165) is 10.8 Å². The van der Waals surface area contributed by atoms with E-state index >= 15 is 0 Å².